The van der Waals surface area contributed by atoms with Gasteiger partial charge in [-0.15, -0.1) is 0 Å². The van der Waals surface area contributed by atoms with Crippen LogP contribution in [0, 0.1) is 11.8 Å². The van der Waals surface area contributed by atoms with Crippen molar-refractivity contribution in [2.75, 3.05) is 0 Å². The molecule has 1 unspecified atom stereocenters. The summed E-state index contributed by atoms with van der Waals surface area (Å²) < 4.78 is 0. The van der Waals surface area contributed by atoms with Crippen molar-refractivity contribution in [1.29, 1.82) is 0 Å². The summed E-state index contributed by atoms with van der Waals surface area (Å²) >= 11 is 0. The molecule has 0 aromatic carbocycles. The number of rotatable bonds is 8. The van der Waals surface area contributed by atoms with E-state index in [0.717, 1.165) is 31.8 Å². The summed E-state index contributed by atoms with van der Waals surface area (Å²) in [5, 5.41) is 0. The number of carbonyl (C=O) groups excluding carboxylic acids is 2. The Kier molecular flexibility index (Phi) is 15.9. The number of carbonyl (C=O) groups is 2. The lowest BCUT2D eigenvalue weighted by atomic mass is 10.0. The summed E-state index contributed by atoms with van der Waals surface area (Å²) in [6, 6.07) is 0. The van der Waals surface area contributed by atoms with Crippen LogP contribution in [-0.2, 0) is 9.59 Å². The normalized spacial score (nSPS) is 11.6. The number of unbranched alkanes of at least 4 members (excludes halogenated alkanes) is 1. The van der Waals surface area contributed by atoms with Crippen molar-refractivity contribution in [2.24, 2.45) is 11.8 Å². The van der Waals surface area contributed by atoms with Crippen LogP contribution < -0.4 is 0 Å². The number of hydrogen-bond donors (Lipinski definition) is 0. The third-order valence-electron chi connectivity index (χ3n) is 2.41. The zero-order valence-corrected chi connectivity index (χ0v) is 11.4. The van der Waals surface area contributed by atoms with E-state index in [1.54, 1.807) is 0 Å². The summed E-state index contributed by atoms with van der Waals surface area (Å²) in [4.78, 5) is 19.7. The molecule has 0 aliphatic heterocycles. The first-order valence-electron chi connectivity index (χ1n) is 6.45. The maximum atomic E-state index is 9.98. The first-order chi connectivity index (χ1) is 7.58. The molecule has 0 fully saturated rings. The maximum absolute atomic E-state index is 9.98. The highest BCUT2D eigenvalue weighted by Gasteiger charge is 1.97. The summed E-state index contributed by atoms with van der Waals surface area (Å²) in [7, 11) is 0. The Labute approximate surface area is 101 Å². The third-order valence-corrected chi connectivity index (χ3v) is 2.41. The second-order valence-corrected chi connectivity index (χ2v) is 4.79. The number of hydrogen-bond acceptors (Lipinski definition) is 2. The largest absolute Gasteiger partial charge is 0.303 e. The predicted molar refractivity (Wildman–Crippen MR) is 69.5 cm³/mol. The molecule has 0 aromatic rings. The quantitative estimate of drug-likeness (QED) is 0.588. The molecular formula is C14H28O2. The molecule has 16 heavy (non-hydrogen) atoms. The summed E-state index contributed by atoms with van der Waals surface area (Å²) in [5.74, 6) is 1.27. The third kappa shape index (κ3) is 19.0. The lowest BCUT2D eigenvalue weighted by Crippen LogP contribution is -1.94. The van der Waals surface area contributed by atoms with E-state index >= 15 is 0 Å². The maximum Gasteiger partial charge on any atom is 0.120 e. The van der Waals surface area contributed by atoms with E-state index in [1.165, 1.54) is 19.3 Å². The van der Waals surface area contributed by atoms with Gasteiger partial charge in [0.05, 0.1) is 0 Å². The van der Waals surface area contributed by atoms with Gasteiger partial charge in [0, 0.05) is 12.8 Å². The Balaban J connectivity index is 0. The van der Waals surface area contributed by atoms with Gasteiger partial charge >= 0.3 is 0 Å². The van der Waals surface area contributed by atoms with Crippen LogP contribution in [0.5, 0.6) is 0 Å². The van der Waals surface area contributed by atoms with Crippen molar-refractivity contribution in [3.05, 3.63) is 0 Å². The van der Waals surface area contributed by atoms with Crippen molar-refractivity contribution in [3.63, 3.8) is 0 Å². The van der Waals surface area contributed by atoms with Crippen LogP contribution in [0.1, 0.15) is 66.2 Å². The average Bonchev–Trinajstić information content (AvgIpc) is 2.25. The standard InChI is InChI=1S/C8H16O.C6H12O/c1-3-4-5-8(2)6-7-9;1-6(2)4-3-5-7/h7-8H,3-6H2,1-2H3;5-6H,3-4H2,1-2H3. The lowest BCUT2D eigenvalue weighted by Gasteiger charge is -2.03. The van der Waals surface area contributed by atoms with E-state index in [0.29, 0.717) is 11.8 Å². The van der Waals surface area contributed by atoms with Gasteiger partial charge < -0.3 is 9.59 Å². The molecule has 2 heteroatoms. The van der Waals surface area contributed by atoms with Crippen LogP contribution in [0.15, 0.2) is 0 Å². The summed E-state index contributed by atoms with van der Waals surface area (Å²) in [5.41, 5.74) is 0. The van der Waals surface area contributed by atoms with Crippen LogP contribution in [0.3, 0.4) is 0 Å². The van der Waals surface area contributed by atoms with E-state index in [2.05, 4.69) is 27.7 Å². The second kappa shape index (κ2) is 14.3. The molecular weight excluding hydrogens is 200 g/mol. The molecule has 96 valence electrons. The molecule has 0 saturated carbocycles. The molecule has 0 amide bonds. The lowest BCUT2D eigenvalue weighted by molar-refractivity contribution is -0.109. The van der Waals surface area contributed by atoms with E-state index in [1.807, 2.05) is 0 Å². The zero-order valence-electron chi connectivity index (χ0n) is 11.4. The molecule has 0 saturated heterocycles. The molecule has 0 N–H and O–H groups in total. The molecule has 0 heterocycles. The Morgan fingerprint density at radius 3 is 1.94 bits per heavy atom. The fraction of sp³-hybridized carbons (Fsp3) is 0.857. The highest BCUT2D eigenvalue weighted by molar-refractivity contribution is 5.49. The van der Waals surface area contributed by atoms with Gasteiger partial charge in [-0.3, -0.25) is 0 Å². The Hall–Kier alpha value is -0.660. The minimum absolute atomic E-state index is 0.599. The van der Waals surface area contributed by atoms with Crippen molar-refractivity contribution in [3.8, 4) is 0 Å². The van der Waals surface area contributed by atoms with Crippen LogP contribution in [0.4, 0.5) is 0 Å². The highest BCUT2D eigenvalue weighted by Crippen LogP contribution is 2.09. The molecule has 0 rings (SSSR count). The number of aldehydes is 2. The Morgan fingerprint density at radius 2 is 1.62 bits per heavy atom. The Morgan fingerprint density at radius 1 is 1.00 bits per heavy atom. The Bertz CT molecular complexity index is 153. The molecule has 2 nitrogen and oxygen atoms in total. The van der Waals surface area contributed by atoms with E-state index in [9.17, 15) is 9.59 Å². The smallest absolute Gasteiger partial charge is 0.120 e. The molecule has 0 bridgehead atoms. The molecule has 0 aliphatic carbocycles. The zero-order chi connectivity index (χ0) is 12.8. The van der Waals surface area contributed by atoms with Gasteiger partial charge in [-0.25, -0.2) is 0 Å². The van der Waals surface area contributed by atoms with Gasteiger partial charge in [-0.1, -0.05) is 47.0 Å². The van der Waals surface area contributed by atoms with Crippen LogP contribution in [-0.4, -0.2) is 12.6 Å². The minimum Gasteiger partial charge on any atom is -0.303 e. The fourth-order valence-corrected chi connectivity index (χ4v) is 1.24. The first-order valence-corrected chi connectivity index (χ1v) is 6.45. The van der Waals surface area contributed by atoms with Gasteiger partial charge in [-0.05, 0) is 18.3 Å². The fourth-order valence-electron chi connectivity index (χ4n) is 1.24. The van der Waals surface area contributed by atoms with Crippen molar-refractivity contribution >= 4 is 12.6 Å². The topological polar surface area (TPSA) is 34.1 Å². The van der Waals surface area contributed by atoms with Crippen LogP contribution >= 0.6 is 0 Å². The van der Waals surface area contributed by atoms with Crippen LogP contribution in [0.2, 0.25) is 0 Å². The molecule has 0 aromatic heterocycles. The second-order valence-electron chi connectivity index (χ2n) is 4.79. The van der Waals surface area contributed by atoms with Gasteiger partial charge in [0.15, 0.2) is 0 Å². The highest BCUT2D eigenvalue weighted by atomic mass is 16.1. The SMILES string of the molecule is CC(C)CCC=O.CCCCC(C)CC=O. The molecule has 0 spiro atoms. The summed E-state index contributed by atoms with van der Waals surface area (Å²) in [6.07, 6.45) is 8.18. The first kappa shape index (κ1) is 17.7. The van der Waals surface area contributed by atoms with Crippen molar-refractivity contribution in [2.45, 2.75) is 66.2 Å². The molecule has 0 aliphatic rings. The van der Waals surface area contributed by atoms with Gasteiger partial charge in [0.25, 0.3) is 0 Å². The molecule has 0 radical (unpaired) electrons. The van der Waals surface area contributed by atoms with E-state index in [4.69, 9.17) is 0 Å². The average molecular weight is 228 g/mol. The van der Waals surface area contributed by atoms with Gasteiger partial charge in [0.1, 0.15) is 12.6 Å². The molecule has 1 atom stereocenters. The van der Waals surface area contributed by atoms with E-state index in [-0.39, 0.29) is 0 Å². The van der Waals surface area contributed by atoms with Gasteiger partial charge in [-0.2, -0.15) is 0 Å². The monoisotopic (exact) mass is 228 g/mol. The minimum atomic E-state index is 0.599. The van der Waals surface area contributed by atoms with Gasteiger partial charge in [0.2, 0.25) is 0 Å². The van der Waals surface area contributed by atoms with Crippen molar-refractivity contribution < 1.29 is 9.59 Å². The predicted octanol–water partition coefficient (Wildman–Crippen LogP) is 4.02. The van der Waals surface area contributed by atoms with Crippen molar-refractivity contribution in [1.82, 2.24) is 0 Å². The summed E-state index contributed by atoms with van der Waals surface area (Å²) in [6.45, 7) is 8.53. The van der Waals surface area contributed by atoms with E-state index < -0.39 is 0 Å². The van der Waals surface area contributed by atoms with Crippen LogP contribution in [0.25, 0.3) is 0 Å².